The molecule has 1 unspecified atom stereocenters. The first kappa shape index (κ1) is 14.1. The minimum Gasteiger partial charge on any atom is -0.468 e. The summed E-state index contributed by atoms with van der Waals surface area (Å²) in [6.45, 7) is 0.355. The van der Waals surface area contributed by atoms with Gasteiger partial charge in [-0.05, 0) is 38.4 Å². The summed E-state index contributed by atoms with van der Waals surface area (Å²) in [5.41, 5.74) is -0.297. The van der Waals surface area contributed by atoms with Crippen LogP contribution < -0.4 is 10.9 Å². The third-order valence-electron chi connectivity index (χ3n) is 3.01. The lowest BCUT2D eigenvalue weighted by Gasteiger charge is -2.22. The average molecular weight is 275 g/mol. The Morgan fingerprint density at radius 1 is 1.40 bits per heavy atom. The van der Waals surface area contributed by atoms with Crippen LogP contribution in [0.1, 0.15) is 22.2 Å². The Kier molecular flexibility index (Phi) is 4.37. The van der Waals surface area contributed by atoms with Crippen molar-refractivity contribution >= 4 is 5.91 Å². The molecule has 0 aliphatic rings. The molecule has 0 bridgehead atoms. The number of pyridine rings is 1. The number of nitrogens with one attached hydrogen (secondary N) is 2. The number of furan rings is 1. The van der Waals surface area contributed by atoms with Crippen LogP contribution in [-0.4, -0.2) is 36.4 Å². The molecule has 2 aromatic rings. The van der Waals surface area contributed by atoms with Gasteiger partial charge < -0.3 is 14.7 Å². The molecule has 2 rings (SSSR count). The van der Waals surface area contributed by atoms with Crippen molar-refractivity contribution in [3.8, 4) is 0 Å². The third-order valence-corrected chi connectivity index (χ3v) is 3.01. The third kappa shape index (κ3) is 3.16. The van der Waals surface area contributed by atoms with Crippen LogP contribution in [0.15, 0.2) is 45.9 Å². The Hall–Kier alpha value is -2.34. The number of carbonyl (C=O) groups is 1. The molecule has 1 amide bonds. The van der Waals surface area contributed by atoms with E-state index in [1.165, 1.54) is 12.3 Å². The number of hydrogen-bond acceptors (Lipinski definition) is 4. The van der Waals surface area contributed by atoms with Crippen LogP contribution in [0, 0.1) is 0 Å². The number of amides is 1. The number of hydrogen-bond donors (Lipinski definition) is 2. The fourth-order valence-electron chi connectivity index (χ4n) is 1.90. The standard InChI is InChI=1S/C14H17N3O3/c1-17(2)11(12-6-4-8-20-12)9-16-14(19)10-5-3-7-15-13(10)18/h3-8,11H,9H2,1-2H3,(H,15,18)(H,16,19). The first-order valence-corrected chi connectivity index (χ1v) is 6.25. The molecule has 6 heteroatoms. The first-order valence-electron chi connectivity index (χ1n) is 6.25. The molecule has 0 saturated carbocycles. The van der Waals surface area contributed by atoms with Crippen molar-refractivity contribution in [1.82, 2.24) is 15.2 Å². The van der Waals surface area contributed by atoms with Gasteiger partial charge in [-0.15, -0.1) is 0 Å². The van der Waals surface area contributed by atoms with Crippen LogP contribution in [-0.2, 0) is 0 Å². The van der Waals surface area contributed by atoms with Crippen molar-refractivity contribution in [2.75, 3.05) is 20.6 Å². The molecule has 0 radical (unpaired) electrons. The second-order valence-electron chi connectivity index (χ2n) is 4.62. The fourth-order valence-corrected chi connectivity index (χ4v) is 1.90. The summed E-state index contributed by atoms with van der Waals surface area (Å²) < 4.78 is 5.36. The van der Waals surface area contributed by atoms with E-state index in [4.69, 9.17) is 4.42 Å². The SMILES string of the molecule is CN(C)C(CNC(=O)c1ccc[nH]c1=O)c1ccco1. The molecule has 0 aliphatic carbocycles. The summed E-state index contributed by atoms with van der Waals surface area (Å²) in [6, 6.07) is 6.68. The van der Waals surface area contributed by atoms with Crippen molar-refractivity contribution < 1.29 is 9.21 Å². The van der Waals surface area contributed by atoms with E-state index in [-0.39, 0.29) is 11.6 Å². The fraction of sp³-hybridized carbons (Fsp3) is 0.286. The quantitative estimate of drug-likeness (QED) is 0.853. The number of carbonyl (C=O) groups excluding carboxylic acids is 1. The second kappa shape index (κ2) is 6.21. The van der Waals surface area contributed by atoms with Gasteiger partial charge in [0.1, 0.15) is 11.3 Å². The lowest BCUT2D eigenvalue weighted by molar-refractivity contribution is 0.0937. The van der Waals surface area contributed by atoms with Gasteiger partial charge in [-0.3, -0.25) is 14.5 Å². The van der Waals surface area contributed by atoms with Crippen molar-refractivity contribution in [1.29, 1.82) is 0 Å². The molecule has 20 heavy (non-hydrogen) atoms. The second-order valence-corrected chi connectivity index (χ2v) is 4.62. The van der Waals surface area contributed by atoms with Gasteiger partial charge in [0, 0.05) is 12.7 Å². The molecule has 1 atom stereocenters. The summed E-state index contributed by atoms with van der Waals surface area (Å²) in [5.74, 6) is 0.363. The summed E-state index contributed by atoms with van der Waals surface area (Å²) in [4.78, 5) is 27.9. The highest BCUT2D eigenvalue weighted by atomic mass is 16.3. The normalized spacial score (nSPS) is 12.3. The summed E-state index contributed by atoms with van der Waals surface area (Å²) in [6.07, 6.45) is 3.08. The zero-order valence-corrected chi connectivity index (χ0v) is 11.4. The van der Waals surface area contributed by atoms with Crippen LogP contribution in [0.4, 0.5) is 0 Å². The number of aromatic amines is 1. The molecule has 0 aliphatic heterocycles. The van der Waals surface area contributed by atoms with E-state index in [2.05, 4.69) is 10.3 Å². The first-order chi connectivity index (χ1) is 9.59. The van der Waals surface area contributed by atoms with E-state index in [1.807, 2.05) is 25.1 Å². The summed E-state index contributed by atoms with van der Waals surface area (Å²) >= 11 is 0. The monoisotopic (exact) mass is 275 g/mol. The largest absolute Gasteiger partial charge is 0.468 e. The van der Waals surface area contributed by atoms with Gasteiger partial charge in [0.25, 0.3) is 11.5 Å². The molecular formula is C14H17N3O3. The number of aromatic nitrogens is 1. The van der Waals surface area contributed by atoms with E-state index in [9.17, 15) is 9.59 Å². The zero-order chi connectivity index (χ0) is 14.5. The lowest BCUT2D eigenvalue weighted by Crippen LogP contribution is -2.36. The van der Waals surface area contributed by atoms with Crippen LogP contribution in [0.3, 0.4) is 0 Å². The Balaban J connectivity index is 2.05. The van der Waals surface area contributed by atoms with Gasteiger partial charge in [0.2, 0.25) is 0 Å². The molecule has 2 aromatic heterocycles. The number of H-pyrrole nitrogens is 1. The lowest BCUT2D eigenvalue weighted by atomic mass is 10.2. The van der Waals surface area contributed by atoms with E-state index in [0.717, 1.165) is 5.76 Å². The van der Waals surface area contributed by atoms with Gasteiger partial charge in [0.15, 0.2) is 0 Å². The predicted molar refractivity (Wildman–Crippen MR) is 74.5 cm³/mol. The van der Waals surface area contributed by atoms with Crippen molar-refractivity contribution in [2.45, 2.75) is 6.04 Å². The van der Waals surface area contributed by atoms with Crippen LogP contribution in [0.2, 0.25) is 0 Å². The molecule has 0 saturated heterocycles. The number of likely N-dealkylation sites (N-methyl/N-ethyl adjacent to an activating group) is 1. The van der Waals surface area contributed by atoms with Crippen molar-refractivity contribution in [2.24, 2.45) is 0 Å². The highest BCUT2D eigenvalue weighted by Crippen LogP contribution is 2.17. The number of nitrogens with zero attached hydrogens (tertiary/aromatic N) is 1. The van der Waals surface area contributed by atoms with Gasteiger partial charge in [-0.1, -0.05) is 0 Å². The van der Waals surface area contributed by atoms with Gasteiger partial charge >= 0.3 is 0 Å². The van der Waals surface area contributed by atoms with E-state index >= 15 is 0 Å². The molecular weight excluding hydrogens is 258 g/mol. The maximum Gasteiger partial charge on any atom is 0.260 e. The smallest absolute Gasteiger partial charge is 0.260 e. The molecule has 2 heterocycles. The molecule has 106 valence electrons. The molecule has 0 spiro atoms. The predicted octanol–water partition coefficient (Wildman–Crippen LogP) is 1.00. The Morgan fingerprint density at radius 2 is 2.20 bits per heavy atom. The topological polar surface area (TPSA) is 78.3 Å². The maximum atomic E-state index is 12.0. The van der Waals surface area contributed by atoms with Crippen molar-refractivity contribution in [3.63, 3.8) is 0 Å². The zero-order valence-electron chi connectivity index (χ0n) is 11.4. The van der Waals surface area contributed by atoms with Gasteiger partial charge in [0.05, 0.1) is 12.3 Å². The molecule has 0 aromatic carbocycles. The highest BCUT2D eigenvalue weighted by molar-refractivity contribution is 5.93. The minimum absolute atomic E-state index is 0.0863. The number of rotatable bonds is 5. The van der Waals surface area contributed by atoms with Crippen LogP contribution in [0.25, 0.3) is 0 Å². The van der Waals surface area contributed by atoms with Gasteiger partial charge in [-0.2, -0.15) is 0 Å². The summed E-state index contributed by atoms with van der Waals surface area (Å²) in [5, 5.41) is 2.75. The molecule has 6 nitrogen and oxygen atoms in total. The average Bonchev–Trinajstić information content (AvgIpc) is 2.92. The van der Waals surface area contributed by atoms with Gasteiger partial charge in [-0.25, -0.2) is 0 Å². The van der Waals surface area contributed by atoms with E-state index < -0.39 is 11.5 Å². The van der Waals surface area contributed by atoms with Crippen LogP contribution >= 0.6 is 0 Å². The molecule has 2 N–H and O–H groups in total. The van der Waals surface area contributed by atoms with Crippen molar-refractivity contribution in [3.05, 3.63) is 58.4 Å². The minimum atomic E-state index is -0.399. The van der Waals surface area contributed by atoms with Crippen LogP contribution in [0.5, 0.6) is 0 Å². The van der Waals surface area contributed by atoms with E-state index in [0.29, 0.717) is 6.54 Å². The Morgan fingerprint density at radius 3 is 2.80 bits per heavy atom. The Labute approximate surface area is 116 Å². The van der Waals surface area contributed by atoms with E-state index in [1.54, 1.807) is 18.4 Å². The molecule has 0 fully saturated rings. The maximum absolute atomic E-state index is 12.0. The summed E-state index contributed by atoms with van der Waals surface area (Å²) in [7, 11) is 3.79. The Bertz CT molecular complexity index is 617. The highest BCUT2D eigenvalue weighted by Gasteiger charge is 2.18.